The lowest BCUT2D eigenvalue weighted by Crippen LogP contribution is -2.37. The maximum atomic E-state index is 6.48. The van der Waals surface area contributed by atoms with Crippen molar-refractivity contribution < 1.29 is 0 Å². The van der Waals surface area contributed by atoms with Gasteiger partial charge >= 0.3 is 0 Å². The van der Waals surface area contributed by atoms with Crippen LogP contribution in [-0.2, 0) is 0 Å². The second-order valence-electron chi connectivity index (χ2n) is 6.41. The fourth-order valence-electron chi connectivity index (χ4n) is 1.06. The van der Waals surface area contributed by atoms with Crippen LogP contribution in [0.1, 0.15) is 41.5 Å². The molecule has 0 unspecified atom stereocenters. The number of hydrogen-bond donors (Lipinski definition) is 0. The molecule has 0 saturated carbocycles. The van der Waals surface area contributed by atoms with Gasteiger partial charge in [0.1, 0.15) is 0 Å². The molecule has 0 rings (SSSR count). The van der Waals surface area contributed by atoms with Crippen molar-refractivity contribution in [2.24, 2.45) is 0 Å². The van der Waals surface area contributed by atoms with Crippen LogP contribution in [0.4, 0.5) is 0 Å². The minimum Gasteiger partial charge on any atom is -0.145 e. The van der Waals surface area contributed by atoms with Crippen molar-refractivity contribution in [1.82, 2.24) is 0 Å². The van der Waals surface area contributed by atoms with Gasteiger partial charge in [-0.15, -0.1) is 44.3 Å². The van der Waals surface area contributed by atoms with Gasteiger partial charge in [0.15, 0.2) is 0 Å². The van der Waals surface area contributed by atoms with E-state index in [2.05, 4.69) is 41.5 Å². The van der Waals surface area contributed by atoms with Crippen LogP contribution in [0, 0.1) is 0 Å². The third kappa shape index (κ3) is 4.70. The maximum absolute atomic E-state index is 6.48. The molecule has 6 heteroatoms. The predicted octanol–water partition coefficient (Wildman–Crippen LogP) is 6.43. The Morgan fingerprint density at radius 2 is 0.812 bits per heavy atom. The first-order valence-corrected chi connectivity index (χ1v) is 13.9. The van der Waals surface area contributed by atoms with Crippen LogP contribution >= 0.6 is 44.3 Å². The van der Waals surface area contributed by atoms with Gasteiger partial charge in [0, 0.05) is 0 Å². The topological polar surface area (TPSA) is 0 Å². The molecule has 0 nitrogen and oxygen atoms in total. The van der Waals surface area contributed by atoms with Crippen LogP contribution in [0.25, 0.3) is 0 Å². The molecule has 0 aliphatic heterocycles. The van der Waals surface area contributed by atoms with Crippen molar-refractivity contribution in [3.63, 3.8) is 0 Å². The zero-order valence-corrected chi connectivity index (χ0v) is 15.9. The van der Waals surface area contributed by atoms with Crippen molar-refractivity contribution in [3.8, 4) is 0 Å². The first-order chi connectivity index (χ1) is 6.71. The lowest BCUT2D eigenvalue weighted by Gasteiger charge is -2.36. The summed E-state index contributed by atoms with van der Waals surface area (Å²) in [5.41, 5.74) is 0. The smallest absolute Gasteiger partial charge is 0.145 e. The SMILES string of the molecule is CC(C)(C)[Si](Cl)(Cl)CC[Si](Cl)(Cl)C(C)(C)C. The highest BCUT2D eigenvalue weighted by Gasteiger charge is 2.47. The van der Waals surface area contributed by atoms with Gasteiger partial charge in [-0.1, -0.05) is 41.5 Å². The number of hydrogen-bond acceptors (Lipinski definition) is 0. The average molecular weight is 340 g/mol. The molecule has 0 aliphatic carbocycles. The maximum Gasteiger partial charge on any atom is 0.256 e. The standard InChI is InChI=1S/C10H22Cl4Si2/c1-9(2,3)15(11,12)7-8-16(13,14)10(4,5)6/h7-8H2,1-6H3. The van der Waals surface area contributed by atoms with E-state index >= 15 is 0 Å². The van der Waals surface area contributed by atoms with Crippen molar-refractivity contribution in [1.29, 1.82) is 0 Å². The van der Waals surface area contributed by atoms with E-state index in [0.29, 0.717) is 0 Å². The molecule has 0 aliphatic rings. The van der Waals surface area contributed by atoms with Crippen molar-refractivity contribution in [3.05, 3.63) is 0 Å². The molecule has 0 aromatic heterocycles. The Kier molecular flexibility index (Phi) is 5.83. The molecule has 0 heterocycles. The molecule has 0 spiro atoms. The van der Waals surface area contributed by atoms with Crippen LogP contribution in [0.2, 0.25) is 22.2 Å². The summed E-state index contributed by atoms with van der Waals surface area (Å²) in [5, 5.41) is -0.0709. The van der Waals surface area contributed by atoms with Gasteiger partial charge in [-0.2, -0.15) is 0 Å². The van der Waals surface area contributed by atoms with Crippen molar-refractivity contribution >= 4 is 57.7 Å². The number of rotatable bonds is 3. The number of halogens is 4. The molecule has 0 saturated heterocycles. The molecule has 98 valence electrons. The van der Waals surface area contributed by atoms with Crippen molar-refractivity contribution in [2.75, 3.05) is 0 Å². The summed E-state index contributed by atoms with van der Waals surface area (Å²) in [7, 11) is 0. The van der Waals surface area contributed by atoms with Gasteiger partial charge in [0.05, 0.1) is 0 Å². The lowest BCUT2D eigenvalue weighted by molar-refractivity contribution is 0.728. The monoisotopic (exact) mass is 338 g/mol. The van der Waals surface area contributed by atoms with E-state index in [9.17, 15) is 0 Å². The first-order valence-electron chi connectivity index (χ1n) is 5.46. The van der Waals surface area contributed by atoms with E-state index in [1.54, 1.807) is 0 Å². The van der Waals surface area contributed by atoms with Crippen LogP contribution in [0.15, 0.2) is 0 Å². The molecule has 16 heavy (non-hydrogen) atoms. The van der Waals surface area contributed by atoms with E-state index < -0.39 is 13.4 Å². The Hall–Kier alpha value is 1.59. The third-order valence-corrected chi connectivity index (χ3v) is 18.7. The second-order valence-corrected chi connectivity index (χ2v) is 22.1. The molecule has 0 bridgehead atoms. The Morgan fingerprint density at radius 1 is 0.625 bits per heavy atom. The van der Waals surface area contributed by atoms with Gasteiger partial charge < -0.3 is 0 Å². The summed E-state index contributed by atoms with van der Waals surface area (Å²) in [5.74, 6) is 0. The molecule has 0 N–H and O–H groups in total. The Labute approximate surface area is 121 Å². The molecular weight excluding hydrogens is 318 g/mol. The Bertz CT molecular complexity index is 212. The second kappa shape index (κ2) is 5.30. The average Bonchev–Trinajstić information content (AvgIpc) is 1.97. The molecular formula is C10H22Cl4Si2. The zero-order chi connectivity index (χ0) is 13.4. The molecule has 0 aromatic rings. The van der Waals surface area contributed by atoms with E-state index in [1.807, 2.05) is 0 Å². The fraction of sp³-hybridized carbons (Fsp3) is 1.00. The Morgan fingerprint density at radius 3 is 0.938 bits per heavy atom. The molecule has 0 atom stereocenters. The minimum absolute atomic E-state index is 0.0355. The van der Waals surface area contributed by atoms with Crippen LogP contribution in [0.5, 0.6) is 0 Å². The highest BCUT2D eigenvalue weighted by atomic mass is 35.7. The van der Waals surface area contributed by atoms with Gasteiger partial charge in [0.2, 0.25) is 0 Å². The lowest BCUT2D eigenvalue weighted by atomic mass is 10.2. The molecule has 0 amide bonds. The summed E-state index contributed by atoms with van der Waals surface area (Å²) >= 11 is 25.9. The summed E-state index contributed by atoms with van der Waals surface area (Å²) < 4.78 is 0. The zero-order valence-electron chi connectivity index (χ0n) is 10.9. The fourth-order valence-corrected chi connectivity index (χ4v) is 8.48. The summed E-state index contributed by atoms with van der Waals surface area (Å²) in [4.78, 5) is 0. The van der Waals surface area contributed by atoms with Gasteiger partial charge in [-0.05, 0) is 22.2 Å². The third-order valence-electron chi connectivity index (χ3n) is 2.95. The quantitative estimate of drug-likeness (QED) is 0.410. The Balaban J connectivity index is 4.59. The van der Waals surface area contributed by atoms with Crippen LogP contribution < -0.4 is 0 Å². The largest absolute Gasteiger partial charge is 0.256 e. The summed E-state index contributed by atoms with van der Waals surface area (Å²) in [6.45, 7) is 7.95. The molecule has 0 aromatic carbocycles. The van der Waals surface area contributed by atoms with Gasteiger partial charge in [-0.3, -0.25) is 0 Å². The molecule has 0 radical (unpaired) electrons. The highest BCUT2D eigenvalue weighted by molar-refractivity contribution is 7.49. The van der Waals surface area contributed by atoms with E-state index in [-0.39, 0.29) is 10.1 Å². The van der Waals surface area contributed by atoms with E-state index in [0.717, 1.165) is 12.1 Å². The van der Waals surface area contributed by atoms with Crippen molar-refractivity contribution in [2.45, 2.75) is 63.7 Å². The van der Waals surface area contributed by atoms with Crippen LogP contribution in [0.3, 0.4) is 0 Å². The highest BCUT2D eigenvalue weighted by Crippen LogP contribution is 2.51. The predicted molar refractivity (Wildman–Crippen MR) is 84.0 cm³/mol. The normalized spacial score (nSPS) is 15.4. The first kappa shape index (κ1) is 17.6. The van der Waals surface area contributed by atoms with E-state index in [4.69, 9.17) is 44.3 Å². The van der Waals surface area contributed by atoms with Crippen LogP contribution in [-0.4, -0.2) is 13.4 Å². The minimum atomic E-state index is -2.28. The van der Waals surface area contributed by atoms with Gasteiger partial charge in [0.25, 0.3) is 13.4 Å². The van der Waals surface area contributed by atoms with Gasteiger partial charge in [-0.25, -0.2) is 0 Å². The summed E-state index contributed by atoms with van der Waals surface area (Å²) in [6, 6.07) is 1.55. The molecule has 0 fully saturated rings. The summed E-state index contributed by atoms with van der Waals surface area (Å²) in [6.07, 6.45) is 0. The van der Waals surface area contributed by atoms with E-state index in [1.165, 1.54) is 0 Å².